The smallest absolute Gasteiger partial charge is 0.346 e. The van der Waals surface area contributed by atoms with Gasteiger partial charge >= 0.3 is 5.63 Å². The average molecular weight is 524 g/mol. The largest absolute Gasteiger partial charge is 0.422 e. The van der Waals surface area contributed by atoms with Gasteiger partial charge in [0.2, 0.25) is 5.91 Å². The molecule has 0 saturated carbocycles. The lowest BCUT2D eigenvalue weighted by Gasteiger charge is -2.21. The van der Waals surface area contributed by atoms with E-state index >= 15 is 0 Å². The number of aromatic amines is 1. The van der Waals surface area contributed by atoms with Crippen molar-refractivity contribution in [3.05, 3.63) is 80.6 Å². The third-order valence-corrected chi connectivity index (χ3v) is 7.97. The zero-order valence-corrected chi connectivity index (χ0v) is 19.6. The molecule has 2 aromatic carbocycles. The van der Waals surface area contributed by atoms with Crippen LogP contribution >= 0.6 is 39.0 Å². The van der Waals surface area contributed by atoms with E-state index in [1.807, 2.05) is 48.0 Å². The summed E-state index contributed by atoms with van der Waals surface area (Å²) in [5, 5.41) is 4.05. The minimum atomic E-state index is -0.448. The maximum absolute atomic E-state index is 12.8. The normalized spacial score (nSPS) is 16.5. The highest BCUT2D eigenvalue weighted by atomic mass is 79.9. The van der Waals surface area contributed by atoms with Crippen LogP contribution in [0, 0.1) is 0 Å². The van der Waals surface area contributed by atoms with Gasteiger partial charge in [-0.3, -0.25) is 9.69 Å². The molecule has 1 aliphatic rings. The number of anilines is 1. The minimum Gasteiger partial charge on any atom is -0.422 e. The SMILES string of the molecule is O=C1CSC(c2c[nH]c3ccccc23)N1c1csc(-c2cc3cc(Br)ccc3oc2=O)n1. The third kappa shape index (κ3) is 3.19. The van der Waals surface area contributed by atoms with Crippen molar-refractivity contribution in [1.29, 1.82) is 0 Å². The second kappa shape index (κ2) is 7.61. The summed E-state index contributed by atoms with van der Waals surface area (Å²) in [6.45, 7) is 0. The summed E-state index contributed by atoms with van der Waals surface area (Å²) < 4.78 is 6.38. The van der Waals surface area contributed by atoms with Crippen molar-refractivity contribution in [1.82, 2.24) is 9.97 Å². The Hall–Kier alpha value is -2.88. The standard InChI is InChI=1S/C23H14BrN3O3S2/c24-13-5-6-18-12(7-13)8-15(23(29)30-18)21-26-19(10-31-21)27-20(28)11-32-22(27)16-9-25-17-4-2-1-3-14(16)17/h1-10,22,25H,11H2. The van der Waals surface area contributed by atoms with Gasteiger partial charge in [-0.25, -0.2) is 9.78 Å². The van der Waals surface area contributed by atoms with Crippen LogP contribution in [0.25, 0.3) is 32.4 Å². The fourth-order valence-corrected chi connectivity index (χ4v) is 6.31. The maximum Gasteiger partial charge on any atom is 0.346 e. The lowest BCUT2D eigenvalue weighted by molar-refractivity contribution is -0.115. The Labute approximate surface area is 198 Å². The average Bonchev–Trinajstić information content (AvgIpc) is 3.51. The quantitative estimate of drug-likeness (QED) is 0.296. The molecule has 1 N–H and O–H groups in total. The number of halogens is 1. The van der Waals surface area contributed by atoms with Crippen LogP contribution in [-0.4, -0.2) is 21.6 Å². The van der Waals surface area contributed by atoms with Gasteiger partial charge in [-0.1, -0.05) is 34.1 Å². The molecule has 6 rings (SSSR count). The van der Waals surface area contributed by atoms with Gasteiger partial charge < -0.3 is 9.40 Å². The highest BCUT2D eigenvalue weighted by Crippen LogP contribution is 2.44. The Bertz CT molecular complexity index is 1570. The number of nitrogens with zero attached hydrogens (tertiary/aromatic N) is 2. The van der Waals surface area contributed by atoms with Gasteiger partial charge in [-0.2, -0.15) is 0 Å². The van der Waals surface area contributed by atoms with Crippen LogP contribution in [0.1, 0.15) is 10.9 Å². The molecular weight excluding hydrogens is 510 g/mol. The Morgan fingerprint density at radius 2 is 2.03 bits per heavy atom. The molecule has 4 heterocycles. The summed E-state index contributed by atoms with van der Waals surface area (Å²) in [5.41, 5.74) is 2.53. The number of benzene rings is 2. The highest BCUT2D eigenvalue weighted by Gasteiger charge is 2.37. The number of H-pyrrole nitrogens is 1. The molecule has 9 heteroatoms. The summed E-state index contributed by atoms with van der Waals surface area (Å²) in [4.78, 5) is 35.1. The molecule has 3 aromatic heterocycles. The van der Waals surface area contributed by atoms with Crippen LogP contribution < -0.4 is 10.5 Å². The molecule has 5 aromatic rings. The van der Waals surface area contributed by atoms with E-state index < -0.39 is 5.63 Å². The molecule has 1 atom stereocenters. The predicted octanol–water partition coefficient (Wildman–Crippen LogP) is 5.94. The lowest BCUT2D eigenvalue weighted by atomic mass is 10.1. The molecule has 0 aliphatic carbocycles. The van der Waals surface area contributed by atoms with Crippen LogP contribution in [-0.2, 0) is 4.79 Å². The minimum absolute atomic E-state index is 0.00314. The van der Waals surface area contributed by atoms with Crippen LogP contribution in [0.15, 0.2) is 73.8 Å². The van der Waals surface area contributed by atoms with Crippen molar-refractivity contribution in [2.24, 2.45) is 0 Å². The summed E-state index contributed by atoms with van der Waals surface area (Å²) >= 11 is 6.35. The van der Waals surface area contributed by atoms with Crippen LogP contribution in [0.3, 0.4) is 0 Å². The van der Waals surface area contributed by atoms with Gasteiger partial charge in [0.25, 0.3) is 0 Å². The lowest BCUT2D eigenvalue weighted by Crippen LogP contribution is -2.28. The van der Waals surface area contributed by atoms with Gasteiger partial charge in [0, 0.05) is 37.9 Å². The number of carbonyl (C=O) groups is 1. The van der Waals surface area contributed by atoms with E-state index in [-0.39, 0.29) is 11.3 Å². The van der Waals surface area contributed by atoms with E-state index in [2.05, 4.69) is 25.9 Å². The Kier molecular flexibility index (Phi) is 4.71. The summed E-state index contributed by atoms with van der Waals surface area (Å²) in [6.07, 6.45) is 1.96. The number of thioether (sulfide) groups is 1. The van der Waals surface area contributed by atoms with Crippen molar-refractivity contribution < 1.29 is 9.21 Å². The number of rotatable bonds is 3. The second-order valence-electron chi connectivity index (χ2n) is 7.36. The molecule has 0 bridgehead atoms. The molecule has 1 saturated heterocycles. The number of nitrogens with one attached hydrogen (secondary N) is 1. The fourth-order valence-electron chi connectivity index (χ4n) is 3.94. The Balaban J connectivity index is 1.42. The molecule has 32 heavy (non-hydrogen) atoms. The first-order valence-electron chi connectivity index (χ1n) is 9.77. The van der Waals surface area contributed by atoms with E-state index in [0.717, 1.165) is 26.3 Å². The van der Waals surface area contributed by atoms with Gasteiger partial charge in [0.05, 0.1) is 11.3 Å². The molecule has 1 unspecified atom stereocenters. The molecule has 1 aliphatic heterocycles. The number of aromatic nitrogens is 2. The number of thiazole rings is 1. The van der Waals surface area contributed by atoms with E-state index in [1.54, 1.807) is 28.8 Å². The Morgan fingerprint density at radius 1 is 1.16 bits per heavy atom. The van der Waals surface area contributed by atoms with Crippen molar-refractivity contribution in [3.63, 3.8) is 0 Å². The third-order valence-electron chi connectivity index (χ3n) is 5.42. The number of para-hydroxylation sites is 1. The van der Waals surface area contributed by atoms with Crippen molar-refractivity contribution in [2.75, 3.05) is 10.7 Å². The van der Waals surface area contributed by atoms with Gasteiger partial charge in [0.15, 0.2) is 0 Å². The summed E-state index contributed by atoms with van der Waals surface area (Å²) in [7, 11) is 0. The van der Waals surface area contributed by atoms with Crippen LogP contribution in [0.5, 0.6) is 0 Å². The number of fused-ring (bicyclic) bond motifs is 2. The van der Waals surface area contributed by atoms with Crippen molar-refractivity contribution >= 4 is 72.6 Å². The molecule has 158 valence electrons. The van der Waals surface area contributed by atoms with Gasteiger partial charge in [-0.15, -0.1) is 23.1 Å². The highest BCUT2D eigenvalue weighted by molar-refractivity contribution is 9.10. The topological polar surface area (TPSA) is 79.2 Å². The van der Waals surface area contributed by atoms with E-state index in [9.17, 15) is 9.59 Å². The molecule has 1 amide bonds. The summed E-state index contributed by atoms with van der Waals surface area (Å²) in [5.74, 6) is 0.920. The first-order chi connectivity index (χ1) is 15.6. The second-order valence-corrected chi connectivity index (χ2v) is 10.2. The number of hydrogen-bond donors (Lipinski definition) is 1. The molecule has 1 fully saturated rings. The fraction of sp³-hybridized carbons (Fsp3) is 0.0870. The van der Waals surface area contributed by atoms with Crippen molar-refractivity contribution in [2.45, 2.75) is 5.37 Å². The molecule has 0 radical (unpaired) electrons. The zero-order chi connectivity index (χ0) is 21.8. The monoisotopic (exact) mass is 523 g/mol. The van der Waals surface area contributed by atoms with E-state index in [1.165, 1.54) is 11.3 Å². The number of hydrogen-bond acceptors (Lipinski definition) is 6. The first kappa shape index (κ1) is 19.8. The van der Waals surface area contributed by atoms with Gasteiger partial charge in [-0.05, 0) is 30.3 Å². The van der Waals surface area contributed by atoms with Gasteiger partial charge in [0.1, 0.15) is 21.8 Å². The van der Waals surface area contributed by atoms with Crippen molar-refractivity contribution in [3.8, 4) is 10.6 Å². The molecule has 6 nitrogen and oxygen atoms in total. The Morgan fingerprint density at radius 3 is 2.94 bits per heavy atom. The molecule has 0 spiro atoms. The van der Waals surface area contributed by atoms with E-state index in [4.69, 9.17) is 4.42 Å². The number of carbonyl (C=O) groups excluding carboxylic acids is 1. The predicted molar refractivity (Wildman–Crippen MR) is 132 cm³/mol. The van der Waals surface area contributed by atoms with E-state index in [0.29, 0.717) is 27.7 Å². The van der Waals surface area contributed by atoms with Crippen LogP contribution in [0.2, 0.25) is 0 Å². The zero-order valence-electron chi connectivity index (χ0n) is 16.4. The molecular formula is C23H14BrN3O3S2. The first-order valence-corrected chi connectivity index (χ1v) is 12.5. The summed E-state index contributed by atoms with van der Waals surface area (Å²) in [6, 6.07) is 15.3. The maximum atomic E-state index is 12.8. The van der Waals surface area contributed by atoms with Crippen LogP contribution in [0.4, 0.5) is 5.82 Å². The number of amides is 1.